The molecule has 0 atom stereocenters. The number of hydrogen-bond acceptors (Lipinski definition) is 0. The maximum Gasteiger partial charge on any atom is 2.00 e. The monoisotopic (exact) mass is 970 g/mol. The third kappa shape index (κ3) is 15.6. The van der Waals surface area contributed by atoms with Crippen molar-refractivity contribution in [1.29, 1.82) is 0 Å². The summed E-state index contributed by atoms with van der Waals surface area (Å²) < 4.78 is 0. The topological polar surface area (TPSA) is 0 Å². The molecule has 0 saturated carbocycles. The van der Waals surface area contributed by atoms with Crippen LogP contribution in [-0.2, 0) is 52.4 Å². The summed E-state index contributed by atoms with van der Waals surface area (Å²) in [5.74, 6) is 0. The SMILES string of the molecule is CCCP(CCC)c1cc2ccccc2[cH-]1.CCCP(CCC)c1cc2ccccc2[cH-]1.Cc1cc2ccccc2[cH-]1.Cc1cc2ccccc2[cH-]1.[Cl-].[Cl-].[Zr+2].[Zr+2]. The smallest absolute Gasteiger partial charge is 1.00 e. The maximum absolute atomic E-state index is 2.41. The average molecular weight is 974 g/mol. The molecule has 0 unspecified atom stereocenters. The minimum Gasteiger partial charge on any atom is -1.00 e. The predicted octanol–water partition coefficient (Wildman–Crippen LogP) is 8.71. The van der Waals surface area contributed by atoms with Gasteiger partial charge in [-0.3, -0.25) is 0 Å². The average Bonchev–Trinajstić information content (AvgIpc) is 3.95. The van der Waals surface area contributed by atoms with Gasteiger partial charge in [0.15, 0.2) is 0 Å². The van der Waals surface area contributed by atoms with E-state index in [2.05, 4.69) is 187 Å². The molecule has 0 aliphatic rings. The molecule has 0 aromatic heterocycles. The van der Waals surface area contributed by atoms with Gasteiger partial charge in [-0.15, -0.1) is 162 Å². The third-order valence-corrected chi connectivity index (χ3v) is 15.4. The molecule has 8 aromatic carbocycles. The Morgan fingerprint density at radius 2 is 0.625 bits per heavy atom. The largest absolute Gasteiger partial charge is 2.00 e. The van der Waals surface area contributed by atoms with Crippen molar-refractivity contribution in [3.05, 3.63) is 157 Å². The number of rotatable bonds is 10. The summed E-state index contributed by atoms with van der Waals surface area (Å²) in [6.45, 7) is 13.4. The summed E-state index contributed by atoms with van der Waals surface area (Å²) in [5, 5.41) is 14.3. The second-order valence-corrected chi connectivity index (χ2v) is 19.0. The zero-order valence-corrected chi connectivity index (χ0v) is 42.4. The van der Waals surface area contributed by atoms with E-state index in [0.29, 0.717) is 0 Å². The maximum atomic E-state index is 2.41. The van der Waals surface area contributed by atoms with Crippen LogP contribution in [0.3, 0.4) is 0 Å². The first kappa shape index (κ1) is 52.5. The molecule has 0 N–H and O–H groups in total. The van der Waals surface area contributed by atoms with Crippen LogP contribution in [0, 0.1) is 13.8 Å². The molecule has 6 heteroatoms. The van der Waals surface area contributed by atoms with Crippen molar-refractivity contribution < 1.29 is 77.2 Å². The molecule has 0 aliphatic carbocycles. The molecule has 56 heavy (non-hydrogen) atoms. The Labute approximate surface area is 391 Å². The molecule has 8 aromatic rings. The summed E-state index contributed by atoms with van der Waals surface area (Å²) in [5.41, 5.74) is 2.70. The fourth-order valence-electron chi connectivity index (χ4n) is 7.07. The van der Waals surface area contributed by atoms with E-state index in [9.17, 15) is 0 Å². The Morgan fingerprint density at radius 1 is 0.375 bits per heavy atom. The van der Waals surface area contributed by atoms with E-state index in [4.69, 9.17) is 0 Å². The number of fused-ring (bicyclic) bond motifs is 4. The van der Waals surface area contributed by atoms with E-state index in [-0.39, 0.29) is 93.1 Å². The number of benzene rings is 4. The van der Waals surface area contributed by atoms with Crippen molar-refractivity contribution in [1.82, 2.24) is 0 Å². The molecular weight excluding hydrogens is 916 g/mol. The second-order valence-electron chi connectivity index (χ2n) is 14.0. The molecule has 0 amide bonds. The summed E-state index contributed by atoms with van der Waals surface area (Å²) >= 11 is 0. The number of hydrogen-bond donors (Lipinski definition) is 0. The minimum absolute atomic E-state index is 0. The molecule has 0 bridgehead atoms. The quantitative estimate of drug-likeness (QED) is 0.0952. The first-order valence-electron chi connectivity index (χ1n) is 19.5. The first-order chi connectivity index (χ1) is 25.4. The Bertz CT molecular complexity index is 1920. The van der Waals surface area contributed by atoms with Gasteiger partial charge in [0.05, 0.1) is 0 Å². The third-order valence-electron chi connectivity index (χ3n) is 9.43. The van der Waals surface area contributed by atoms with Crippen molar-refractivity contribution in [3.63, 3.8) is 0 Å². The van der Waals surface area contributed by atoms with Crippen molar-refractivity contribution in [2.45, 2.75) is 67.2 Å². The molecule has 0 saturated heterocycles. The molecule has 0 radical (unpaired) electrons. The van der Waals surface area contributed by atoms with Gasteiger partial charge in [-0.1, -0.05) is 107 Å². The van der Waals surface area contributed by atoms with E-state index < -0.39 is 0 Å². The van der Waals surface area contributed by atoms with Crippen LogP contribution in [0.1, 0.15) is 64.5 Å². The van der Waals surface area contributed by atoms with Crippen LogP contribution >= 0.6 is 15.8 Å². The molecule has 292 valence electrons. The molecule has 8 rings (SSSR count). The minimum atomic E-state index is 0. The fourth-order valence-corrected chi connectivity index (χ4v) is 12.0. The summed E-state index contributed by atoms with van der Waals surface area (Å²) in [6.07, 6.45) is 10.8. The van der Waals surface area contributed by atoms with Gasteiger partial charge in [0.2, 0.25) is 0 Å². The second kappa shape index (κ2) is 28.1. The van der Waals surface area contributed by atoms with Gasteiger partial charge in [0, 0.05) is 0 Å². The Morgan fingerprint density at radius 3 is 0.875 bits per heavy atom. The van der Waals surface area contributed by atoms with Crippen LogP contribution in [0.2, 0.25) is 0 Å². The van der Waals surface area contributed by atoms with Gasteiger partial charge in [0.1, 0.15) is 0 Å². The van der Waals surface area contributed by atoms with Gasteiger partial charge in [-0.2, -0.15) is 24.3 Å². The zero-order valence-electron chi connectivity index (χ0n) is 34.2. The van der Waals surface area contributed by atoms with Crippen molar-refractivity contribution >= 4 is 69.5 Å². The van der Waals surface area contributed by atoms with Gasteiger partial charge >= 0.3 is 52.4 Å². The molecule has 0 spiro atoms. The Balaban J connectivity index is 0.000000372. The van der Waals surface area contributed by atoms with E-state index in [1.807, 2.05) is 0 Å². The van der Waals surface area contributed by atoms with Crippen LogP contribution < -0.4 is 35.4 Å². The van der Waals surface area contributed by atoms with Crippen molar-refractivity contribution in [2.24, 2.45) is 0 Å². The summed E-state index contributed by atoms with van der Waals surface area (Å²) in [7, 11) is 0.194. The van der Waals surface area contributed by atoms with Gasteiger partial charge in [0.25, 0.3) is 0 Å². The Kier molecular flexibility index (Phi) is 26.3. The van der Waals surface area contributed by atoms with Crippen LogP contribution in [0.15, 0.2) is 146 Å². The van der Waals surface area contributed by atoms with Gasteiger partial charge in [-0.05, 0) is 24.6 Å². The fraction of sp³-hybridized carbons (Fsp3) is 0.280. The van der Waals surface area contributed by atoms with E-state index in [0.717, 1.165) is 0 Å². The molecular formula is C50H58Cl2P2Zr2-2. The van der Waals surface area contributed by atoms with Crippen LogP contribution in [-0.4, -0.2) is 24.6 Å². The van der Waals surface area contributed by atoms with E-state index in [1.54, 1.807) is 10.6 Å². The van der Waals surface area contributed by atoms with Crippen molar-refractivity contribution in [3.8, 4) is 0 Å². The van der Waals surface area contributed by atoms with Crippen LogP contribution in [0.4, 0.5) is 0 Å². The normalized spacial score (nSPS) is 10.3. The molecule has 0 nitrogen and oxygen atoms in total. The Hall–Kier alpha value is -1.47. The van der Waals surface area contributed by atoms with E-state index >= 15 is 0 Å². The van der Waals surface area contributed by atoms with Crippen molar-refractivity contribution in [2.75, 3.05) is 24.6 Å². The van der Waals surface area contributed by atoms with Crippen LogP contribution in [0.5, 0.6) is 0 Å². The summed E-state index contributed by atoms with van der Waals surface area (Å²) in [4.78, 5) is 0. The molecule has 0 fully saturated rings. The molecule has 0 heterocycles. The zero-order chi connectivity index (χ0) is 36.7. The van der Waals surface area contributed by atoms with Crippen LogP contribution in [0.25, 0.3) is 43.1 Å². The molecule has 0 aliphatic heterocycles. The van der Waals surface area contributed by atoms with Gasteiger partial charge < -0.3 is 24.8 Å². The standard InChI is InChI=1S/2C15H20P.2C10H9.2ClH.2Zr/c2*1-3-9-16(10-4-2)15-11-13-7-5-6-8-14(13)12-15;2*1-8-6-9-4-2-3-5-10(9)7-8;;;;/h2*5-8,11-12H,3-4,9-10H2,1-2H3;2*2-7H,1H3;2*1H;;/q4*-1;;;2*+2/p-2. The van der Waals surface area contributed by atoms with Gasteiger partial charge in [-0.25, -0.2) is 0 Å². The predicted molar refractivity (Wildman–Crippen MR) is 241 cm³/mol. The summed E-state index contributed by atoms with van der Waals surface area (Å²) in [6, 6.07) is 52.7. The first-order valence-corrected chi connectivity index (χ1v) is 22.9. The van der Waals surface area contributed by atoms with E-state index in [1.165, 1.54) is 105 Å². The number of aryl methyl sites for hydroxylation is 2. The number of halogens is 2.